The number of ether oxygens (including phenoxy) is 1. The van der Waals surface area contributed by atoms with Crippen LogP contribution in [-0.2, 0) is 9.53 Å². The molecule has 0 bridgehead atoms. The number of hydrogen-bond donors (Lipinski definition) is 1. The Balaban J connectivity index is 1.69. The second-order valence-corrected chi connectivity index (χ2v) is 6.96. The Labute approximate surface area is 156 Å². The van der Waals surface area contributed by atoms with E-state index < -0.39 is 5.97 Å². The Hall–Kier alpha value is -2.16. The third-order valence-corrected chi connectivity index (χ3v) is 5.39. The summed E-state index contributed by atoms with van der Waals surface area (Å²) in [4.78, 5) is 29.2. The van der Waals surface area contributed by atoms with Gasteiger partial charge in [0.25, 0.3) is 0 Å². The zero-order valence-corrected chi connectivity index (χ0v) is 15.8. The van der Waals surface area contributed by atoms with Crippen LogP contribution in [0.3, 0.4) is 0 Å². The number of nitrogens with zero attached hydrogens (tertiary/aromatic N) is 2. The fraction of sp³-hybridized carbons (Fsp3) is 0.444. The SMILES string of the molecule is CCN1CCN(CC(=O)Nc2scc(-c3ccco3)c2C(=O)OC)CC1. The number of carbonyl (C=O) groups excluding carboxylic acids is 2. The van der Waals surface area contributed by atoms with Crippen LogP contribution in [0.5, 0.6) is 0 Å². The van der Waals surface area contributed by atoms with Gasteiger partial charge in [0.15, 0.2) is 0 Å². The van der Waals surface area contributed by atoms with Crippen molar-refractivity contribution in [2.24, 2.45) is 0 Å². The Bertz CT molecular complexity index is 749. The molecule has 0 unspecified atom stereocenters. The summed E-state index contributed by atoms with van der Waals surface area (Å²) in [5, 5.41) is 5.14. The van der Waals surface area contributed by atoms with Crippen molar-refractivity contribution in [3.63, 3.8) is 0 Å². The van der Waals surface area contributed by atoms with Gasteiger partial charge in [-0.15, -0.1) is 11.3 Å². The number of furan rings is 1. The number of rotatable bonds is 6. The molecule has 3 heterocycles. The van der Waals surface area contributed by atoms with Gasteiger partial charge >= 0.3 is 5.97 Å². The van der Waals surface area contributed by atoms with Crippen molar-refractivity contribution in [2.45, 2.75) is 6.92 Å². The molecule has 2 aromatic rings. The molecule has 7 nitrogen and oxygen atoms in total. The summed E-state index contributed by atoms with van der Waals surface area (Å²) in [6, 6.07) is 3.52. The molecule has 1 aliphatic rings. The van der Waals surface area contributed by atoms with Crippen molar-refractivity contribution < 1.29 is 18.7 Å². The lowest BCUT2D eigenvalue weighted by atomic mass is 10.1. The predicted octanol–water partition coefficient (Wildman–Crippen LogP) is 2.37. The van der Waals surface area contributed by atoms with Crippen LogP contribution in [0.15, 0.2) is 28.2 Å². The van der Waals surface area contributed by atoms with E-state index in [-0.39, 0.29) is 5.91 Å². The lowest BCUT2D eigenvalue weighted by Crippen LogP contribution is -2.48. The lowest BCUT2D eigenvalue weighted by Gasteiger charge is -2.33. The molecule has 26 heavy (non-hydrogen) atoms. The zero-order valence-electron chi connectivity index (χ0n) is 15.0. The maximum Gasteiger partial charge on any atom is 0.341 e. The van der Waals surface area contributed by atoms with E-state index in [4.69, 9.17) is 9.15 Å². The summed E-state index contributed by atoms with van der Waals surface area (Å²) >= 11 is 1.29. The van der Waals surface area contributed by atoms with Crippen LogP contribution in [0.4, 0.5) is 5.00 Å². The molecule has 1 fully saturated rings. The Kier molecular flexibility index (Phi) is 6.08. The Morgan fingerprint density at radius 2 is 2.00 bits per heavy atom. The van der Waals surface area contributed by atoms with Crippen molar-refractivity contribution in [1.82, 2.24) is 9.80 Å². The number of methoxy groups -OCH3 is 1. The molecule has 1 N–H and O–H groups in total. The van der Waals surface area contributed by atoms with E-state index >= 15 is 0 Å². The first-order valence-corrected chi connectivity index (χ1v) is 9.48. The molecule has 3 rings (SSSR count). The van der Waals surface area contributed by atoms with Gasteiger partial charge in [0.05, 0.1) is 19.9 Å². The molecule has 0 radical (unpaired) electrons. The fourth-order valence-corrected chi connectivity index (χ4v) is 3.95. The Morgan fingerprint density at radius 3 is 2.62 bits per heavy atom. The average Bonchev–Trinajstić information content (AvgIpc) is 3.31. The second kappa shape index (κ2) is 8.48. The van der Waals surface area contributed by atoms with E-state index in [1.165, 1.54) is 18.4 Å². The molecule has 0 aliphatic carbocycles. The minimum Gasteiger partial charge on any atom is -0.465 e. The average molecular weight is 377 g/mol. The van der Waals surface area contributed by atoms with E-state index in [0.29, 0.717) is 28.4 Å². The molecule has 1 aliphatic heterocycles. The lowest BCUT2D eigenvalue weighted by molar-refractivity contribution is -0.117. The van der Waals surface area contributed by atoms with Crippen LogP contribution in [0.1, 0.15) is 17.3 Å². The highest BCUT2D eigenvalue weighted by atomic mass is 32.1. The third-order valence-electron chi connectivity index (χ3n) is 4.50. The highest BCUT2D eigenvalue weighted by Crippen LogP contribution is 2.36. The monoisotopic (exact) mass is 377 g/mol. The number of piperazine rings is 1. The molecule has 0 saturated carbocycles. The van der Waals surface area contributed by atoms with Gasteiger partial charge in [-0.1, -0.05) is 6.92 Å². The van der Waals surface area contributed by atoms with Gasteiger partial charge in [-0.3, -0.25) is 9.69 Å². The molecule has 140 valence electrons. The summed E-state index contributed by atoms with van der Waals surface area (Å²) in [5.41, 5.74) is 0.954. The van der Waals surface area contributed by atoms with Crippen molar-refractivity contribution >= 4 is 28.2 Å². The van der Waals surface area contributed by atoms with Gasteiger partial charge < -0.3 is 19.4 Å². The van der Waals surface area contributed by atoms with Crippen LogP contribution in [0.2, 0.25) is 0 Å². The highest BCUT2D eigenvalue weighted by molar-refractivity contribution is 7.15. The summed E-state index contributed by atoms with van der Waals surface area (Å²) in [5.74, 6) is -0.0599. The number of likely N-dealkylation sites (N-methyl/N-ethyl adjacent to an activating group) is 1. The number of thiophene rings is 1. The van der Waals surface area contributed by atoms with Crippen LogP contribution in [0, 0.1) is 0 Å². The van der Waals surface area contributed by atoms with E-state index in [2.05, 4.69) is 22.0 Å². The topological polar surface area (TPSA) is 75.0 Å². The summed E-state index contributed by atoms with van der Waals surface area (Å²) in [7, 11) is 1.32. The molecule has 0 atom stereocenters. The molecule has 1 amide bonds. The number of anilines is 1. The van der Waals surface area contributed by atoms with Gasteiger partial charge in [0, 0.05) is 37.1 Å². The van der Waals surface area contributed by atoms with Gasteiger partial charge in [-0.2, -0.15) is 0 Å². The largest absolute Gasteiger partial charge is 0.465 e. The maximum absolute atomic E-state index is 12.5. The molecule has 0 spiro atoms. The van der Waals surface area contributed by atoms with Crippen molar-refractivity contribution in [1.29, 1.82) is 0 Å². The molecule has 2 aromatic heterocycles. The Morgan fingerprint density at radius 1 is 1.27 bits per heavy atom. The van der Waals surface area contributed by atoms with Crippen LogP contribution in [0.25, 0.3) is 11.3 Å². The normalized spacial score (nSPS) is 15.8. The number of nitrogens with one attached hydrogen (secondary N) is 1. The second-order valence-electron chi connectivity index (χ2n) is 6.08. The van der Waals surface area contributed by atoms with Crippen LogP contribution in [-0.4, -0.2) is 68.1 Å². The first-order chi connectivity index (χ1) is 12.6. The summed E-state index contributed by atoms with van der Waals surface area (Å²) < 4.78 is 10.3. The smallest absolute Gasteiger partial charge is 0.341 e. The standard InChI is InChI=1S/C18H23N3O4S/c1-3-20-6-8-21(9-7-20)11-15(22)19-17-16(18(23)24-2)13(12-26-17)14-5-4-10-25-14/h4-5,10,12H,3,6-9,11H2,1-2H3,(H,19,22). The van der Waals surface area contributed by atoms with Crippen molar-refractivity contribution in [2.75, 3.05) is 51.7 Å². The van der Waals surface area contributed by atoms with Gasteiger partial charge in [-0.05, 0) is 18.7 Å². The minimum atomic E-state index is -0.496. The van der Waals surface area contributed by atoms with Crippen molar-refractivity contribution in [3.8, 4) is 11.3 Å². The molecule has 0 aromatic carbocycles. The zero-order chi connectivity index (χ0) is 18.5. The van der Waals surface area contributed by atoms with Gasteiger partial charge in [0.1, 0.15) is 16.3 Å². The van der Waals surface area contributed by atoms with Gasteiger partial charge in [-0.25, -0.2) is 4.79 Å². The van der Waals surface area contributed by atoms with E-state index in [0.717, 1.165) is 32.7 Å². The number of carbonyl (C=O) groups is 2. The number of esters is 1. The molecule has 1 saturated heterocycles. The third kappa shape index (κ3) is 4.14. The maximum atomic E-state index is 12.5. The minimum absolute atomic E-state index is 0.132. The quantitative estimate of drug-likeness (QED) is 0.779. The first-order valence-electron chi connectivity index (χ1n) is 8.60. The highest BCUT2D eigenvalue weighted by Gasteiger charge is 2.24. The van der Waals surface area contributed by atoms with Crippen molar-refractivity contribution in [3.05, 3.63) is 29.3 Å². The van der Waals surface area contributed by atoms with E-state index in [1.54, 1.807) is 23.8 Å². The molecular formula is C18H23N3O4S. The number of hydrogen-bond acceptors (Lipinski definition) is 7. The van der Waals surface area contributed by atoms with Crippen LogP contribution < -0.4 is 5.32 Å². The van der Waals surface area contributed by atoms with E-state index in [1.807, 2.05) is 0 Å². The van der Waals surface area contributed by atoms with Gasteiger partial charge in [0.2, 0.25) is 5.91 Å². The first kappa shape index (κ1) is 18.6. The number of amides is 1. The van der Waals surface area contributed by atoms with E-state index in [9.17, 15) is 9.59 Å². The predicted molar refractivity (Wildman–Crippen MR) is 101 cm³/mol. The molecule has 8 heteroatoms. The van der Waals surface area contributed by atoms with Crippen LogP contribution >= 0.6 is 11.3 Å². The summed E-state index contributed by atoms with van der Waals surface area (Å²) in [6.45, 7) is 7.17. The molecular weight excluding hydrogens is 354 g/mol. The fourth-order valence-electron chi connectivity index (χ4n) is 3.00. The summed E-state index contributed by atoms with van der Waals surface area (Å²) in [6.07, 6.45) is 1.54.